The second-order valence-electron chi connectivity index (χ2n) is 3.70. The van der Waals surface area contributed by atoms with Gasteiger partial charge in [-0.2, -0.15) is 0 Å². The Hall–Kier alpha value is -1.97. The lowest BCUT2D eigenvalue weighted by molar-refractivity contribution is -0.136. The van der Waals surface area contributed by atoms with E-state index in [4.69, 9.17) is 4.74 Å². The highest BCUT2D eigenvalue weighted by molar-refractivity contribution is 5.91. The number of rotatable bonds is 6. The predicted octanol–water partition coefficient (Wildman–Crippen LogP) is 1.84. The van der Waals surface area contributed by atoms with Crippen LogP contribution in [-0.4, -0.2) is 18.0 Å². The molecule has 0 aliphatic heterocycles. The van der Waals surface area contributed by atoms with E-state index in [0.717, 1.165) is 5.56 Å². The molecule has 1 rings (SSSR count). The number of esters is 1. The molecule has 0 aliphatic rings. The Kier molecular flexibility index (Phi) is 5.07. The van der Waals surface area contributed by atoms with Crippen molar-refractivity contribution in [3.63, 3.8) is 0 Å². The number of Topliss-reactive ketones (excluding diaryl/α,β-unsaturated/α-hetero) is 1. The number of ketones is 1. The number of ether oxygens (including phenoxy) is 1. The first-order chi connectivity index (χ1) is 8.11. The molecule has 0 bridgehead atoms. The normalized spacial score (nSPS) is 9.71. The quantitative estimate of drug-likeness (QED) is 0.326. The van der Waals surface area contributed by atoms with Gasteiger partial charge in [-0.1, -0.05) is 17.7 Å². The van der Waals surface area contributed by atoms with Crippen LogP contribution < -0.4 is 4.74 Å². The van der Waals surface area contributed by atoms with Gasteiger partial charge < -0.3 is 9.53 Å². The predicted molar refractivity (Wildman–Crippen MR) is 61.7 cm³/mol. The van der Waals surface area contributed by atoms with Gasteiger partial charge in [0, 0.05) is 6.42 Å². The topological polar surface area (TPSA) is 60.4 Å². The molecule has 4 heteroatoms. The van der Waals surface area contributed by atoms with E-state index in [1.54, 1.807) is 12.1 Å². The zero-order valence-corrected chi connectivity index (χ0v) is 9.64. The Bertz CT molecular complexity index is 406. The first-order valence-electron chi connectivity index (χ1n) is 5.34. The van der Waals surface area contributed by atoms with Gasteiger partial charge in [-0.05, 0) is 19.1 Å². The average molecular weight is 234 g/mol. The van der Waals surface area contributed by atoms with Crippen LogP contribution in [0.25, 0.3) is 0 Å². The van der Waals surface area contributed by atoms with Crippen molar-refractivity contribution in [2.75, 3.05) is 0 Å². The van der Waals surface area contributed by atoms with E-state index in [2.05, 4.69) is 0 Å². The molecule has 0 aromatic heterocycles. The minimum atomic E-state index is -0.465. The summed E-state index contributed by atoms with van der Waals surface area (Å²) in [5, 5.41) is 0. The minimum Gasteiger partial charge on any atom is -0.427 e. The molecule has 0 unspecified atom stereocenters. The summed E-state index contributed by atoms with van der Waals surface area (Å²) in [7, 11) is 0. The maximum absolute atomic E-state index is 11.3. The van der Waals surface area contributed by atoms with Gasteiger partial charge >= 0.3 is 5.97 Å². The van der Waals surface area contributed by atoms with Crippen LogP contribution in [-0.2, 0) is 14.4 Å². The number of carbonyl (C=O) groups is 3. The first-order valence-corrected chi connectivity index (χ1v) is 5.34. The summed E-state index contributed by atoms with van der Waals surface area (Å²) in [4.78, 5) is 32.4. The van der Waals surface area contributed by atoms with E-state index >= 15 is 0 Å². The second kappa shape index (κ2) is 6.58. The molecule has 0 atom stereocenters. The zero-order valence-electron chi connectivity index (χ0n) is 9.64. The van der Waals surface area contributed by atoms with Gasteiger partial charge in [0.2, 0.25) is 0 Å². The minimum absolute atomic E-state index is 0.000545. The Labute approximate surface area is 99.6 Å². The van der Waals surface area contributed by atoms with Crippen LogP contribution in [0, 0.1) is 6.92 Å². The van der Waals surface area contributed by atoms with Gasteiger partial charge in [0.05, 0.1) is 12.8 Å². The number of aldehydes is 1. The molecule has 0 saturated heterocycles. The molecule has 90 valence electrons. The van der Waals surface area contributed by atoms with Crippen LogP contribution >= 0.6 is 0 Å². The first kappa shape index (κ1) is 13.1. The van der Waals surface area contributed by atoms with Gasteiger partial charge in [0.15, 0.2) is 0 Å². The summed E-state index contributed by atoms with van der Waals surface area (Å²) >= 11 is 0. The second-order valence-corrected chi connectivity index (χ2v) is 3.70. The van der Waals surface area contributed by atoms with Gasteiger partial charge in [-0.3, -0.25) is 9.59 Å². The van der Waals surface area contributed by atoms with Crippen LogP contribution in [0.5, 0.6) is 5.75 Å². The fourth-order valence-electron chi connectivity index (χ4n) is 1.23. The van der Waals surface area contributed by atoms with Crippen molar-refractivity contribution in [3.05, 3.63) is 29.8 Å². The third-order valence-electron chi connectivity index (χ3n) is 2.17. The summed E-state index contributed by atoms with van der Waals surface area (Å²) in [6.45, 7) is 1.93. The molecular weight excluding hydrogens is 220 g/mol. The highest BCUT2D eigenvalue weighted by atomic mass is 16.5. The number of hydrogen-bond acceptors (Lipinski definition) is 4. The summed E-state index contributed by atoms with van der Waals surface area (Å²) in [6.07, 6.45) is 0.440. The van der Waals surface area contributed by atoms with E-state index in [0.29, 0.717) is 12.0 Å². The smallest absolute Gasteiger partial charge is 0.311 e. The molecule has 4 nitrogen and oxygen atoms in total. The molecule has 1 aromatic rings. The molecular formula is C13H14O4. The van der Waals surface area contributed by atoms with Crippen molar-refractivity contribution in [1.82, 2.24) is 0 Å². The van der Waals surface area contributed by atoms with E-state index in [-0.39, 0.29) is 25.0 Å². The van der Waals surface area contributed by atoms with Gasteiger partial charge in [0.1, 0.15) is 17.8 Å². The Morgan fingerprint density at radius 2 is 1.82 bits per heavy atom. The highest BCUT2D eigenvalue weighted by Crippen LogP contribution is 2.12. The summed E-state index contributed by atoms with van der Waals surface area (Å²) in [5.74, 6) is -0.252. The van der Waals surface area contributed by atoms with Crippen LogP contribution in [0.3, 0.4) is 0 Å². The SMILES string of the molecule is Cc1ccc(OC(=O)CCC(=O)CC=O)cc1. The molecule has 0 amide bonds. The van der Waals surface area contributed by atoms with Crippen LogP contribution in [0.4, 0.5) is 0 Å². The third-order valence-corrected chi connectivity index (χ3v) is 2.17. The Morgan fingerprint density at radius 1 is 1.18 bits per heavy atom. The van der Waals surface area contributed by atoms with Crippen molar-refractivity contribution in [2.45, 2.75) is 26.2 Å². The highest BCUT2D eigenvalue weighted by Gasteiger charge is 2.08. The molecule has 0 spiro atoms. The number of carbonyl (C=O) groups excluding carboxylic acids is 3. The Balaban J connectivity index is 2.37. The summed E-state index contributed by atoms with van der Waals surface area (Å²) in [6, 6.07) is 7.06. The molecule has 0 saturated carbocycles. The maximum Gasteiger partial charge on any atom is 0.311 e. The van der Waals surface area contributed by atoms with Crippen molar-refractivity contribution in [1.29, 1.82) is 0 Å². The molecule has 0 radical (unpaired) electrons. The van der Waals surface area contributed by atoms with E-state index < -0.39 is 5.97 Å². The van der Waals surface area contributed by atoms with Gasteiger partial charge in [0.25, 0.3) is 0 Å². The fraction of sp³-hybridized carbons (Fsp3) is 0.308. The van der Waals surface area contributed by atoms with E-state index in [1.807, 2.05) is 19.1 Å². The molecule has 0 fully saturated rings. The largest absolute Gasteiger partial charge is 0.427 e. The Morgan fingerprint density at radius 3 is 2.41 bits per heavy atom. The van der Waals surface area contributed by atoms with Gasteiger partial charge in [-0.25, -0.2) is 0 Å². The molecule has 1 aromatic carbocycles. The van der Waals surface area contributed by atoms with Crippen molar-refractivity contribution >= 4 is 18.0 Å². The van der Waals surface area contributed by atoms with Crippen molar-refractivity contribution in [3.8, 4) is 5.75 Å². The van der Waals surface area contributed by atoms with Crippen LogP contribution in [0.15, 0.2) is 24.3 Å². The summed E-state index contributed by atoms with van der Waals surface area (Å²) in [5.41, 5.74) is 1.07. The van der Waals surface area contributed by atoms with E-state index in [9.17, 15) is 14.4 Å². The monoisotopic (exact) mass is 234 g/mol. The standard InChI is InChI=1S/C13H14O4/c1-10-2-5-12(6-3-10)17-13(16)7-4-11(15)8-9-14/h2-3,5-6,9H,4,7-8H2,1H3. The molecule has 0 N–H and O–H groups in total. The van der Waals surface area contributed by atoms with Gasteiger partial charge in [-0.15, -0.1) is 0 Å². The number of aryl methyl sites for hydroxylation is 1. The third kappa shape index (κ3) is 5.06. The lowest BCUT2D eigenvalue weighted by Crippen LogP contribution is -2.10. The van der Waals surface area contributed by atoms with E-state index in [1.165, 1.54) is 0 Å². The zero-order chi connectivity index (χ0) is 12.7. The molecule has 17 heavy (non-hydrogen) atoms. The van der Waals surface area contributed by atoms with Crippen LogP contribution in [0.1, 0.15) is 24.8 Å². The average Bonchev–Trinajstić information content (AvgIpc) is 2.30. The number of hydrogen-bond donors (Lipinski definition) is 0. The fourth-order valence-corrected chi connectivity index (χ4v) is 1.23. The molecule has 0 aliphatic carbocycles. The molecule has 0 heterocycles. The number of benzene rings is 1. The van der Waals surface area contributed by atoms with Crippen molar-refractivity contribution in [2.24, 2.45) is 0 Å². The van der Waals surface area contributed by atoms with Crippen LogP contribution in [0.2, 0.25) is 0 Å². The lowest BCUT2D eigenvalue weighted by Gasteiger charge is -2.03. The maximum atomic E-state index is 11.3. The lowest BCUT2D eigenvalue weighted by atomic mass is 10.2. The van der Waals surface area contributed by atoms with Crippen molar-refractivity contribution < 1.29 is 19.1 Å². The summed E-state index contributed by atoms with van der Waals surface area (Å²) < 4.78 is 5.02.